The summed E-state index contributed by atoms with van der Waals surface area (Å²) in [5, 5.41) is 0. The third-order valence-electron chi connectivity index (χ3n) is 3.70. The molecule has 1 aliphatic heterocycles. The second-order valence-electron chi connectivity index (χ2n) is 5.95. The van der Waals surface area contributed by atoms with Crippen molar-refractivity contribution in [2.75, 3.05) is 24.5 Å². The van der Waals surface area contributed by atoms with E-state index in [-0.39, 0.29) is 5.91 Å². The lowest BCUT2D eigenvalue weighted by Gasteiger charge is -2.40. The van der Waals surface area contributed by atoms with Crippen LogP contribution in [0.1, 0.15) is 26.3 Å². The predicted molar refractivity (Wildman–Crippen MR) is 77.5 cm³/mol. The van der Waals surface area contributed by atoms with Crippen molar-refractivity contribution in [3.8, 4) is 0 Å². The van der Waals surface area contributed by atoms with Gasteiger partial charge in [-0.25, -0.2) is 4.98 Å². The number of nitrogens with zero attached hydrogens (tertiary/aromatic N) is 3. The van der Waals surface area contributed by atoms with Gasteiger partial charge in [-0.3, -0.25) is 4.79 Å². The number of anilines is 1. The number of piperazine rings is 1. The lowest BCUT2D eigenvalue weighted by Crippen LogP contribution is -2.56. The summed E-state index contributed by atoms with van der Waals surface area (Å²) in [7, 11) is 0. The zero-order valence-electron chi connectivity index (χ0n) is 12.9. The number of amides is 1. The Morgan fingerprint density at radius 1 is 1.32 bits per heavy atom. The molecule has 0 spiro atoms. The second-order valence-corrected chi connectivity index (χ2v) is 5.95. The van der Waals surface area contributed by atoms with Crippen LogP contribution >= 0.6 is 0 Å². The first-order valence-corrected chi connectivity index (χ1v) is 7.29. The van der Waals surface area contributed by atoms with Crippen molar-refractivity contribution in [3.05, 3.63) is 23.9 Å². The largest absolute Gasteiger partial charge is 0.417 e. The summed E-state index contributed by atoms with van der Waals surface area (Å²) in [6, 6.07) is 1.90. The van der Waals surface area contributed by atoms with E-state index < -0.39 is 17.8 Å². The van der Waals surface area contributed by atoms with E-state index in [4.69, 9.17) is 0 Å². The third-order valence-corrected chi connectivity index (χ3v) is 3.70. The van der Waals surface area contributed by atoms with E-state index in [0.29, 0.717) is 31.4 Å². The third kappa shape index (κ3) is 3.51. The SMILES string of the molecule is CC(C)CN1CCN(c2ccc(C(F)(F)F)cn2)[C@H](C)C1=O. The Morgan fingerprint density at radius 2 is 2.00 bits per heavy atom. The number of hydrogen-bond donors (Lipinski definition) is 0. The molecule has 1 amide bonds. The molecule has 1 aliphatic rings. The van der Waals surface area contributed by atoms with Gasteiger partial charge in [-0.2, -0.15) is 13.2 Å². The number of pyridine rings is 1. The maximum Gasteiger partial charge on any atom is 0.417 e. The second kappa shape index (κ2) is 6.14. The fourth-order valence-corrected chi connectivity index (χ4v) is 2.59. The number of alkyl halides is 3. The molecule has 22 heavy (non-hydrogen) atoms. The van der Waals surface area contributed by atoms with Gasteiger partial charge in [-0.1, -0.05) is 13.8 Å². The van der Waals surface area contributed by atoms with Crippen LogP contribution in [-0.4, -0.2) is 41.5 Å². The van der Waals surface area contributed by atoms with Gasteiger partial charge in [0.1, 0.15) is 11.9 Å². The summed E-state index contributed by atoms with van der Waals surface area (Å²) >= 11 is 0. The summed E-state index contributed by atoms with van der Waals surface area (Å²) in [6.45, 7) is 7.66. The Bertz CT molecular complexity index is 528. The van der Waals surface area contributed by atoms with Crippen molar-refractivity contribution in [1.82, 2.24) is 9.88 Å². The minimum Gasteiger partial charge on any atom is -0.343 e. The molecule has 2 rings (SSSR count). The average molecular weight is 315 g/mol. The molecule has 0 N–H and O–H groups in total. The van der Waals surface area contributed by atoms with Gasteiger partial charge in [0.05, 0.1) is 5.56 Å². The van der Waals surface area contributed by atoms with Gasteiger partial charge < -0.3 is 9.80 Å². The maximum absolute atomic E-state index is 12.6. The van der Waals surface area contributed by atoms with Gasteiger partial charge in [0.25, 0.3) is 0 Å². The topological polar surface area (TPSA) is 36.4 Å². The minimum atomic E-state index is -4.40. The molecule has 1 saturated heterocycles. The van der Waals surface area contributed by atoms with Gasteiger partial charge >= 0.3 is 6.18 Å². The first-order valence-electron chi connectivity index (χ1n) is 7.29. The highest BCUT2D eigenvalue weighted by Gasteiger charge is 2.34. The predicted octanol–water partition coefficient (Wildman–Crippen LogP) is 2.79. The molecule has 1 aromatic rings. The molecule has 4 nitrogen and oxygen atoms in total. The molecular weight excluding hydrogens is 295 g/mol. The van der Waals surface area contributed by atoms with Gasteiger partial charge in [-0.15, -0.1) is 0 Å². The zero-order chi connectivity index (χ0) is 16.5. The molecule has 1 fully saturated rings. The van der Waals surface area contributed by atoms with Gasteiger partial charge in [0, 0.05) is 25.8 Å². The highest BCUT2D eigenvalue weighted by molar-refractivity contribution is 5.85. The van der Waals surface area contributed by atoms with Crippen molar-refractivity contribution in [2.24, 2.45) is 5.92 Å². The van der Waals surface area contributed by atoms with Crippen LogP contribution in [-0.2, 0) is 11.0 Å². The van der Waals surface area contributed by atoms with Crippen molar-refractivity contribution < 1.29 is 18.0 Å². The monoisotopic (exact) mass is 315 g/mol. The van der Waals surface area contributed by atoms with E-state index >= 15 is 0 Å². The molecule has 0 aliphatic carbocycles. The molecule has 1 aromatic heterocycles. The van der Waals surface area contributed by atoms with E-state index in [1.54, 1.807) is 16.7 Å². The summed E-state index contributed by atoms with van der Waals surface area (Å²) in [5.41, 5.74) is -0.784. The Morgan fingerprint density at radius 3 is 2.50 bits per heavy atom. The first-order chi connectivity index (χ1) is 10.2. The van der Waals surface area contributed by atoms with Crippen molar-refractivity contribution >= 4 is 11.7 Å². The zero-order valence-corrected chi connectivity index (χ0v) is 12.9. The Labute approximate surface area is 127 Å². The van der Waals surface area contributed by atoms with Crippen molar-refractivity contribution in [3.63, 3.8) is 0 Å². The first kappa shape index (κ1) is 16.6. The number of carbonyl (C=O) groups is 1. The molecule has 0 unspecified atom stereocenters. The van der Waals surface area contributed by atoms with Crippen LogP contribution in [0.15, 0.2) is 18.3 Å². The van der Waals surface area contributed by atoms with Crippen LogP contribution in [0.3, 0.4) is 0 Å². The highest BCUT2D eigenvalue weighted by atomic mass is 19.4. The molecule has 0 radical (unpaired) electrons. The average Bonchev–Trinajstić information content (AvgIpc) is 2.43. The molecule has 0 saturated carbocycles. The minimum absolute atomic E-state index is 0.0124. The summed E-state index contributed by atoms with van der Waals surface area (Å²) < 4.78 is 37.7. The van der Waals surface area contributed by atoms with Gasteiger partial charge in [0.15, 0.2) is 0 Å². The lowest BCUT2D eigenvalue weighted by atomic mass is 10.1. The van der Waals surface area contributed by atoms with E-state index in [1.807, 2.05) is 13.8 Å². The quantitative estimate of drug-likeness (QED) is 0.860. The number of halogens is 3. The molecule has 2 heterocycles. The van der Waals surface area contributed by atoms with E-state index in [1.165, 1.54) is 6.07 Å². The van der Waals surface area contributed by atoms with Crippen LogP contribution < -0.4 is 4.90 Å². The van der Waals surface area contributed by atoms with Gasteiger partial charge in [-0.05, 0) is 25.0 Å². The lowest BCUT2D eigenvalue weighted by molar-refractivity contribution is -0.138. The van der Waals surface area contributed by atoms with Crippen LogP contribution in [0, 0.1) is 5.92 Å². The fourth-order valence-electron chi connectivity index (χ4n) is 2.59. The normalized spacial score (nSPS) is 20.0. The molecule has 0 aromatic carbocycles. The summed E-state index contributed by atoms with van der Waals surface area (Å²) in [6.07, 6.45) is -3.59. The number of rotatable bonds is 3. The van der Waals surface area contributed by atoms with E-state index in [0.717, 1.165) is 12.3 Å². The molecule has 122 valence electrons. The Balaban J connectivity index is 2.12. The smallest absolute Gasteiger partial charge is 0.343 e. The molecule has 7 heteroatoms. The van der Waals surface area contributed by atoms with Gasteiger partial charge in [0.2, 0.25) is 5.91 Å². The Hall–Kier alpha value is -1.79. The number of hydrogen-bond acceptors (Lipinski definition) is 3. The van der Waals surface area contributed by atoms with Crippen LogP contribution in [0.2, 0.25) is 0 Å². The summed E-state index contributed by atoms with van der Waals surface area (Å²) in [4.78, 5) is 19.8. The Kier molecular flexibility index (Phi) is 4.63. The molecule has 1 atom stereocenters. The van der Waals surface area contributed by atoms with Crippen LogP contribution in [0.25, 0.3) is 0 Å². The van der Waals surface area contributed by atoms with Crippen LogP contribution in [0.4, 0.5) is 19.0 Å². The van der Waals surface area contributed by atoms with Crippen molar-refractivity contribution in [2.45, 2.75) is 33.0 Å². The highest BCUT2D eigenvalue weighted by Crippen LogP contribution is 2.30. The fraction of sp³-hybridized carbons (Fsp3) is 0.600. The maximum atomic E-state index is 12.6. The number of aromatic nitrogens is 1. The molecular formula is C15H20F3N3O. The van der Waals surface area contributed by atoms with Crippen molar-refractivity contribution in [1.29, 1.82) is 0 Å². The summed E-state index contributed by atoms with van der Waals surface area (Å²) in [5.74, 6) is 0.770. The number of carbonyl (C=O) groups excluding carboxylic acids is 1. The van der Waals surface area contributed by atoms with Crippen LogP contribution in [0.5, 0.6) is 0 Å². The van der Waals surface area contributed by atoms with E-state index in [9.17, 15) is 18.0 Å². The standard InChI is InChI=1S/C15H20F3N3O/c1-10(2)9-20-6-7-21(11(3)14(20)22)13-5-4-12(8-19-13)15(16,17)18/h4-5,8,10-11H,6-7,9H2,1-3H3/t11-/m1/s1. The molecule has 0 bridgehead atoms. The van der Waals surface area contributed by atoms with E-state index in [2.05, 4.69) is 4.98 Å².